The van der Waals surface area contributed by atoms with Gasteiger partial charge >= 0.3 is 0 Å². The van der Waals surface area contributed by atoms with Crippen molar-refractivity contribution in [2.75, 3.05) is 19.6 Å². The van der Waals surface area contributed by atoms with Gasteiger partial charge in [0.2, 0.25) is 5.91 Å². The van der Waals surface area contributed by atoms with Crippen LogP contribution in [0.4, 0.5) is 0 Å². The van der Waals surface area contributed by atoms with Gasteiger partial charge in [-0.3, -0.25) is 4.79 Å². The van der Waals surface area contributed by atoms with Crippen molar-refractivity contribution in [1.29, 1.82) is 0 Å². The molecule has 1 heterocycles. The van der Waals surface area contributed by atoms with Crippen LogP contribution in [0.15, 0.2) is 0 Å². The Morgan fingerprint density at radius 1 is 1.50 bits per heavy atom. The molecule has 0 aromatic carbocycles. The van der Waals surface area contributed by atoms with Gasteiger partial charge in [-0.25, -0.2) is 0 Å². The lowest BCUT2D eigenvalue weighted by atomic mass is 9.93. The minimum absolute atomic E-state index is 0.280. The lowest BCUT2D eigenvalue weighted by Crippen LogP contribution is -2.38. The van der Waals surface area contributed by atoms with E-state index in [4.69, 9.17) is 0 Å². The molecule has 0 spiro atoms. The van der Waals surface area contributed by atoms with E-state index in [2.05, 4.69) is 19.2 Å². The summed E-state index contributed by atoms with van der Waals surface area (Å²) in [7, 11) is 0. The molecule has 2 fully saturated rings. The number of nitrogens with zero attached hydrogens (tertiary/aromatic N) is 1. The molecule has 0 radical (unpaired) electrons. The first-order valence-corrected chi connectivity index (χ1v) is 5.58. The van der Waals surface area contributed by atoms with Crippen LogP contribution in [-0.2, 0) is 4.79 Å². The van der Waals surface area contributed by atoms with Crippen molar-refractivity contribution in [3.8, 4) is 0 Å². The largest absolute Gasteiger partial charge is 0.341 e. The van der Waals surface area contributed by atoms with Crippen LogP contribution in [0.25, 0.3) is 0 Å². The number of hydrogen-bond acceptors (Lipinski definition) is 2. The number of amides is 1. The molecule has 1 saturated carbocycles. The van der Waals surface area contributed by atoms with Crippen LogP contribution in [-0.4, -0.2) is 36.5 Å². The van der Waals surface area contributed by atoms with E-state index in [0.717, 1.165) is 19.5 Å². The summed E-state index contributed by atoms with van der Waals surface area (Å²) in [5.41, 5.74) is 0.329. The number of likely N-dealkylation sites (tertiary alicyclic amines) is 1. The molecule has 14 heavy (non-hydrogen) atoms. The molecular weight excluding hydrogens is 176 g/mol. The van der Waals surface area contributed by atoms with Gasteiger partial charge in [-0.05, 0) is 24.7 Å². The maximum Gasteiger partial charge on any atom is 0.236 e. The fourth-order valence-electron chi connectivity index (χ4n) is 1.96. The first-order valence-electron chi connectivity index (χ1n) is 5.58. The molecule has 0 unspecified atom stereocenters. The van der Waals surface area contributed by atoms with Crippen molar-refractivity contribution in [1.82, 2.24) is 10.2 Å². The Labute approximate surface area is 85.8 Å². The topological polar surface area (TPSA) is 32.3 Å². The molecule has 0 aromatic heterocycles. The number of rotatable bonds is 3. The van der Waals surface area contributed by atoms with E-state index < -0.39 is 0 Å². The summed E-state index contributed by atoms with van der Waals surface area (Å²) in [6, 6.07) is 0.634. The average Bonchev–Trinajstić information content (AvgIpc) is 2.86. The molecule has 0 atom stereocenters. The zero-order valence-electron chi connectivity index (χ0n) is 9.18. The zero-order valence-corrected chi connectivity index (χ0v) is 9.18. The molecule has 80 valence electrons. The van der Waals surface area contributed by atoms with Crippen molar-refractivity contribution in [2.24, 2.45) is 5.41 Å². The Kier molecular flexibility index (Phi) is 2.52. The van der Waals surface area contributed by atoms with E-state index in [1.807, 2.05) is 4.90 Å². The van der Waals surface area contributed by atoms with Crippen LogP contribution in [0.3, 0.4) is 0 Å². The third-order valence-electron chi connectivity index (χ3n) is 3.15. The van der Waals surface area contributed by atoms with Crippen molar-refractivity contribution < 1.29 is 4.79 Å². The standard InChI is InChI=1S/C11H20N2O/c1-11(2)5-6-13(8-11)10(14)7-12-9-3-4-9/h9,12H,3-8H2,1-2H3. The second-order valence-corrected chi connectivity index (χ2v) is 5.38. The van der Waals surface area contributed by atoms with E-state index in [1.54, 1.807) is 0 Å². The minimum atomic E-state index is 0.280. The normalized spacial score (nSPS) is 25.4. The third-order valence-corrected chi connectivity index (χ3v) is 3.15. The van der Waals surface area contributed by atoms with Crippen molar-refractivity contribution in [3.05, 3.63) is 0 Å². The molecule has 2 aliphatic rings. The molecule has 1 aliphatic carbocycles. The summed E-state index contributed by atoms with van der Waals surface area (Å²) >= 11 is 0. The van der Waals surface area contributed by atoms with Crippen LogP contribution in [0, 0.1) is 5.41 Å². The van der Waals surface area contributed by atoms with Crippen LogP contribution in [0.5, 0.6) is 0 Å². The van der Waals surface area contributed by atoms with Gasteiger partial charge in [0.1, 0.15) is 0 Å². The Morgan fingerprint density at radius 3 is 2.71 bits per heavy atom. The van der Waals surface area contributed by atoms with Crippen molar-refractivity contribution in [3.63, 3.8) is 0 Å². The predicted molar refractivity (Wildman–Crippen MR) is 56.0 cm³/mol. The summed E-state index contributed by atoms with van der Waals surface area (Å²) < 4.78 is 0. The highest BCUT2D eigenvalue weighted by Crippen LogP contribution is 2.28. The van der Waals surface area contributed by atoms with Gasteiger partial charge in [0, 0.05) is 19.1 Å². The summed E-state index contributed by atoms with van der Waals surface area (Å²) in [5.74, 6) is 0.280. The highest BCUT2D eigenvalue weighted by Gasteiger charge is 2.32. The van der Waals surface area contributed by atoms with Crippen LogP contribution in [0.1, 0.15) is 33.1 Å². The third kappa shape index (κ3) is 2.47. The second kappa shape index (κ2) is 3.54. The Morgan fingerprint density at radius 2 is 2.21 bits per heavy atom. The fourth-order valence-corrected chi connectivity index (χ4v) is 1.96. The number of carbonyl (C=O) groups excluding carboxylic acids is 1. The van der Waals surface area contributed by atoms with Gasteiger partial charge in [0.05, 0.1) is 6.54 Å². The van der Waals surface area contributed by atoms with E-state index in [9.17, 15) is 4.79 Å². The molecule has 0 bridgehead atoms. The molecule has 1 aliphatic heterocycles. The fraction of sp³-hybridized carbons (Fsp3) is 0.909. The SMILES string of the molecule is CC1(C)CCN(C(=O)CNC2CC2)C1. The molecular formula is C11H20N2O. The van der Waals surface area contributed by atoms with Crippen LogP contribution in [0.2, 0.25) is 0 Å². The minimum Gasteiger partial charge on any atom is -0.341 e. The van der Waals surface area contributed by atoms with Gasteiger partial charge in [0.15, 0.2) is 0 Å². The van der Waals surface area contributed by atoms with E-state index >= 15 is 0 Å². The van der Waals surface area contributed by atoms with Crippen molar-refractivity contribution >= 4 is 5.91 Å². The quantitative estimate of drug-likeness (QED) is 0.730. The summed E-state index contributed by atoms with van der Waals surface area (Å²) in [6.07, 6.45) is 3.64. The molecule has 3 nitrogen and oxygen atoms in total. The summed E-state index contributed by atoms with van der Waals surface area (Å²) in [5, 5.41) is 3.27. The molecule has 1 amide bonds. The highest BCUT2D eigenvalue weighted by atomic mass is 16.2. The zero-order chi connectivity index (χ0) is 10.2. The molecule has 1 N–H and O–H groups in total. The highest BCUT2D eigenvalue weighted by molar-refractivity contribution is 5.78. The van der Waals surface area contributed by atoms with Crippen LogP contribution < -0.4 is 5.32 Å². The lowest BCUT2D eigenvalue weighted by molar-refractivity contribution is -0.129. The predicted octanol–water partition coefficient (Wildman–Crippen LogP) is 0.997. The van der Waals surface area contributed by atoms with Crippen LogP contribution >= 0.6 is 0 Å². The molecule has 0 aromatic rings. The maximum absolute atomic E-state index is 11.7. The smallest absolute Gasteiger partial charge is 0.236 e. The number of hydrogen-bond donors (Lipinski definition) is 1. The number of nitrogens with one attached hydrogen (secondary N) is 1. The Balaban J connectivity index is 1.74. The summed E-state index contributed by atoms with van der Waals surface area (Å²) in [4.78, 5) is 13.7. The first-order chi connectivity index (χ1) is 6.57. The van der Waals surface area contributed by atoms with E-state index in [0.29, 0.717) is 18.0 Å². The molecule has 2 rings (SSSR count). The molecule has 3 heteroatoms. The van der Waals surface area contributed by atoms with Gasteiger partial charge in [0.25, 0.3) is 0 Å². The van der Waals surface area contributed by atoms with Gasteiger partial charge < -0.3 is 10.2 Å². The first kappa shape index (κ1) is 9.97. The summed E-state index contributed by atoms with van der Waals surface area (Å²) in [6.45, 7) is 6.88. The van der Waals surface area contributed by atoms with Gasteiger partial charge in [-0.1, -0.05) is 13.8 Å². The van der Waals surface area contributed by atoms with Crippen molar-refractivity contribution in [2.45, 2.75) is 39.2 Å². The second-order valence-electron chi connectivity index (χ2n) is 5.38. The maximum atomic E-state index is 11.7. The Hall–Kier alpha value is -0.570. The lowest BCUT2D eigenvalue weighted by Gasteiger charge is -2.19. The van der Waals surface area contributed by atoms with Gasteiger partial charge in [-0.2, -0.15) is 0 Å². The number of carbonyl (C=O) groups is 1. The van der Waals surface area contributed by atoms with E-state index in [1.165, 1.54) is 12.8 Å². The van der Waals surface area contributed by atoms with E-state index in [-0.39, 0.29) is 5.91 Å². The van der Waals surface area contributed by atoms with Gasteiger partial charge in [-0.15, -0.1) is 0 Å². The Bertz CT molecular complexity index is 233. The average molecular weight is 196 g/mol. The monoisotopic (exact) mass is 196 g/mol. The molecule has 1 saturated heterocycles.